The average molecular weight is 274 g/mol. The molecule has 0 bridgehead atoms. The summed E-state index contributed by atoms with van der Waals surface area (Å²) in [6.45, 7) is 10.2. The normalized spacial score (nSPS) is 57.8. The van der Waals surface area contributed by atoms with Crippen molar-refractivity contribution in [1.82, 2.24) is 0 Å². The predicted molar refractivity (Wildman–Crippen MR) is 85.3 cm³/mol. The third-order valence-electron chi connectivity index (χ3n) is 8.31. The van der Waals surface area contributed by atoms with Crippen LogP contribution in [0.5, 0.6) is 0 Å². The average Bonchev–Trinajstić information content (AvgIpc) is 2.94. The van der Waals surface area contributed by atoms with E-state index in [0.717, 1.165) is 59.2 Å². The first kappa shape index (κ1) is 13.6. The van der Waals surface area contributed by atoms with Crippen molar-refractivity contribution in [3.05, 3.63) is 0 Å². The minimum atomic E-state index is 0.929. The van der Waals surface area contributed by atoms with Crippen LogP contribution in [-0.4, -0.2) is 0 Å². The highest BCUT2D eigenvalue weighted by Crippen LogP contribution is 2.67. The first-order valence-electron chi connectivity index (χ1n) is 9.59. The van der Waals surface area contributed by atoms with E-state index in [1.807, 2.05) is 0 Å². The van der Waals surface area contributed by atoms with Crippen LogP contribution in [-0.2, 0) is 0 Å². The van der Waals surface area contributed by atoms with Crippen LogP contribution in [0.1, 0.15) is 66.2 Å². The van der Waals surface area contributed by atoms with Crippen molar-refractivity contribution in [2.75, 3.05) is 0 Å². The van der Waals surface area contributed by atoms with Gasteiger partial charge in [0.25, 0.3) is 0 Å². The van der Waals surface area contributed by atoms with Gasteiger partial charge in [0.2, 0.25) is 0 Å². The molecule has 0 aromatic rings. The molecule has 9 unspecified atom stereocenters. The largest absolute Gasteiger partial charge is 0.0625 e. The molecule has 0 aliphatic heterocycles. The Morgan fingerprint density at radius 2 is 1.40 bits per heavy atom. The van der Waals surface area contributed by atoms with Gasteiger partial charge < -0.3 is 0 Å². The Balaban J connectivity index is 1.70. The van der Waals surface area contributed by atoms with E-state index in [0.29, 0.717) is 0 Å². The molecule has 20 heavy (non-hydrogen) atoms. The van der Waals surface area contributed by atoms with Crippen molar-refractivity contribution in [3.63, 3.8) is 0 Å². The van der Waals surface area contributed by atoms with Gasteiger partial charge in [0.1, 0.15) is 0 Å². The van der Waals surface area contributed by atoms with Gasteiger partial charge >= 0.3 is 0 Å². The quantitative estimate of drug-likeness (QED) is 0.582. The summed E-state index contributed by atoms with van der Waals surface area (Å²) >= 11 is 0. The van der Waals surface area contributed by atoms with E-state index in [1.54, 1.807) is 32.1 Å². The Bertz CT molecular complexity index is 370. The molecule has 0 heteroatoms. The minimum absolute atomic E-state index is 0.929. The zero-order chi connectivity index (χ0) is 14.0. The first-order chi connectivity index (χ1) is 9.59. The Morgan fingerprint density at radius 1 is 0.700 bits per heavy atom. The summed E-state index contributed by atoms with van der Waals surface area (Å²) in [6, 6.07) is 0. The molecule has 114 valence electrons. The van der Waals surface area contributed by atoms with E-state index < -0.39 is 0 Å². The Labute approximate surface area is 126 Å². The van der Waals surface area contributed by atoms with Gasteiger partial charge in [-0.05, 0) is 91.3 Å². The molecule has 0 saturated heterocycles. The fraction of sp³-hybridized carbons (Fsp3) is 1.00. The van der Waals surface area contributed by atoms with Crippen molar-refractivity contribution in [3.8, 4) is 0 Å². The number of hydrogen-bond acceptors (Lipinski definition) is 0. The SMILES string of the molecule is CC(C)C1CCC2C1C1CCCC3C(C)CC(C)C2C31. The van der Waals surface area contributed by atoms with E-state index >= 15 is 0 Å². The molecule has 9 atom stereocenters. The van der Waals surface area contributed by atoms with Crippen molar-refractivity contribution in [1.29, 1.82) is 0 Å². The van der Waals surface area contributed by atoms with Crippen LogP contribution in [0.25, 0.3) is 0 Å². The van der Waals surface area contributed by atoms with Gasteiger partial charge in [0, 0.05) is 0 Å². The van der Waals surface area contributed by atoms with Gasteiger partial charge in [-0.3, -0.25) is 0 Å². The maximum atomic E-state index is 2.61. The Morgan fingerprint density at radius 3 is 2.15 bits per heavy atom. The molecule has 0 spiro atoms. The van der Waals surface area contributed by atoms with E-state index in [-0.39, 0.29) is 0 Å². The van der Waals surface area contributed by atoms with Crippen molar-refractivity contribution < 1.29 is 0 Å². The van der Waals surface area contributed by atoms with Gasteiger partial charge in [-0.15, -0.1) is 0 Å². The molecular weight excluding hydrogens is 240 g/mol. The fourth-order valence-electron chi connectivity index (χ4n) is 7.93. The monoisotopic (exact) mass is 274 g/mol. The van der Waals surface area contributed by atoms with Crippen LogP contribution in [0.2, 0.25) is 0 Å². The maximum Gasteiger partial charge on any atom is -0.0318 e. The second-order valence-corrected chi connectivity index (χ2v) is 9.33. The fourth-order valence-corrected chi connectivity index (χ4v) is 7.93. The molecule has 0 amide bonds. The van der Waals surface area contributed by atoms with Crippen LogP contribution in [0.3, 0.4) is 0 Å². The molecule has 0 nitrogen and oxygen atoms in total. The van der Waals surface area contributed by atoms with Crippen LogP contribution < -0.4 is 0 Å². The van der Waals surface area contributed by atoms with Crippen LogP contribution in [0.15, 0.2) is 0 Å². The van der Waals surface area contributed by atoms with Crippen LogP contribution in [0.4, 0.5) is 0 Å². The highest BCUT2D eigenvalue weighted by Gasteiger charge is 2.61. The van der Waals surface area contributed by atoms with Gasteiger partial charge in [-0.2, -0.15) is 0 Å². The minimum Gasteiger partial charge on any atom is -0.0625 e. The highest BCUT2D eigenvalue weighted by molar-refractivity contribution is 5.09. The first-order valence-corrected chi connectivity index (χ1v) is 9.59. The molecule has 4 saturated carbocycles. The van der Waals surface area contributed by atoms with Crippen LogP contribution in [0, 0.1) is 59.2 Å². The van der Waals surface area contributed by atoms with Crippen LogP contribution >= 0.6 is 0 Å². The standard InChI is InChI=1S/C20H34/c1-11(2)14-8-9-17-18-13(4)10-12(3)15-6-5-7-16(19(14)17)20(15)18/h11-20H,5-10H2,1-4H3. The zero-order valence-electron chi connectivity index (χ0n) is 14.0. The second kappa shape index (κ2) is 4.75. The Kier molecular flexibility index (Phi) is 3.24. The summed E-state index contributed by atoms with van der Waals surface area (Å²) < 4.78 is 0. The van der Waals surface area contributed by atoms with Crippen molar-refractivity contribution >= 4 is 0 Å². The maximum absolute atomic E-state index is 2.61. The molecular formula is C20H34. The summed E-state index contributed by atoms with van der Waals surface area (Å²) in [5.41, 5.74) is 0. The third-order valence-corrected chi connectivity index (χ3v) is 8.31. The summed E-state index contributed by atoms with van der Waals surface area (Å²) in [4.78, 5) is 0. The molecule has 4 aliphatic carbocycles. The molecule has 0 radical (unpaired) electrons. The third kappa shape index (κ3) is 1.72. The number of fused-ring (bicyclic) bond motifs is 3. The number of hydrogen-bond donors (Lipinski definition) is 0. The number of rotatable bonds is 1. The molecule has 0 heterocycles. The summed E-state index contributed by atoms with van der Waals surface area (Å²) in [6.07, 6.45) is 9.37. The Hall–Kier alpha value is 0. The lowest BCUT2D eigenvalue weighted by atomic mass is 9.56. The van der Waals surface area contributed by atoms with Gasteiger partial charge in [0.05, 0.1) is 0 Å². The van der Waals surface area contributed by atoms with Gasteiger partial charge in [0.15, 0.2) is 0 Å². The lowest BCUT2D eigenvalue weighted by Crippen LogP contribution is -2.42. The molecule has 0 N–H and O–H groups in total. The highest BCUT2D eigenvalue weighted by atomic mass is 14.7. The second-order valence-electron chi connectivity index (χ2n) is 9.33. The molecule has 4 fully saturated rings. The molecule has 0 aromatic carbocycles. The van der Waals surface area contributed by atoms with Crippen molar-refractivity contribution in [2.24, 2.45) is 59.2 Å². The van der Waals surface area contributed by atoms with Gasteiger partial charge in [-0.25, -0.2) is 0 Å². The summed E-state index contributed by atoms with van der Waals surface area (Å²) in [5.74, 6) is 10.8. The smallest absolute Gasteiger partial charge is 0.0318 e. The topological polar surface area (TPSA) is 0 Å². The van der Waals surface area contributed by atoms with E-state index in [1.165, 1.54) is 6.42 Å². The zero-order valence-corrected chi connectivity index (χ0v) is 14.0. The molecule has 0 aromatic heterocycles. The van der Waals surface area contributed by atoms with Crippen molar-refractivity contribution in [2.45, 2.75) is 66.2 Å². The lowest BCUT2D eigenvalue weighted by Gasteiger charge is -2.49. The molecule has 4 rings (SSSR count). The van der Waals surface area contributed by atoms with E-state index in [9.17, 15) is 0 Å². The van der Waals surface area contributed by atoms with E-state index in [2.05, 4.69) is 27.7 Å². The van der Waals surface area contributed by atoms with Gasteiger partial charge in [-0.1, -0.05) is 34.1 Å². The lowest BCUT2D eigenvalue weighted by molar-refractivity contribution is 0.000982. The predicted octanol–water partition coefficient (Wildman–Crippen LogP) is 5.62. The van der Waals surface area contributed by atoms with E-state index in [4.69, 9.17) is 0 Å². The summed E-state index contributed by atoms with van der Waals surface area (Å²) in [7, 11) is 0. The molecule has 4 aliphatic rings. The summed E-state index contributed by atoms with van der Waals surface area (Å²) in [5, 5.41) is 0.